The van der Waals surface area contributed by atoms with E-state index in [1.54, 1.807) is 0 Å². The van der Waals surface area contributed by atoms with Crippen LogP contribution in [0.4, 0.5) is 0 Å². The highest BCUT2D eigenvalue weighted by Crippen LogP contribution is 2.43. The minimum Gasteiger partial charge on any atom is -0.480 e. The Morgan fingerprint density at radius 2 is 1.89 bits per heavy atom. The Kier molecular flexibility index (Phi) is 4.24. The topological polar surface area (TPSA) is 40.5 Å². The van der Waals surface area contributed by atoms with Crippen LogP contribution in [0.15, 0.2) is 0 Å². The van der Waals surface area contributed by atoms with Gasteiger partial charge in [-0.25, -0.2) is 0 Å². The molecule has 2 fully saturated rings. The van der Waals surface area contributed by atoms with Crippen molar-refractivity contribution in [3.8, 4) is 0 Å². The number of rotatable bonds is 4. The summed E-state index contributed by atoms with van der Waals surface area (Å²) in [4.78, 5) is 14.2. The van der Waals surface area contributed by atoms with E-state index in [4.69, 9.17) is 0 Å². The zero-order valence-corrected chi connectivity index (χ0v) is 12.7. The smallest absolute Gasteiger partial charge is 0.324 e. The molecule has 2 aliphatic rings. The van der Waals surface area contributed by atoms with Crippen molar-refractivity contribution in [2.75, 3.05) is 6.54 Å². The Bertz CT molecular complexity index is 330. The van der Waals surface area contributed by atoms with Crippen molar-refractivity contribution in [2.45, 2.75) is 83.7 Å². The van der Waals surface area contributed by atoms with Crippen molar-refractivity contribution < 1.29 is 9.90 Å². The lowest BCUT2D eigenvalue weighted by molar-refractivity contribution is -0.152. The van der Waals surface area contributed by atoms with Crippen LogP contribution in [0.1, 0.15) is 72.1 Å². The number of hydrogen-bond acceptors (Lipinski definition) is 2. The monoisotopic (exact) mass is 267 g/mol. The van der Waals surface area contributed by atoms with E-state index in [-0.39, 0.29) is 0 Å². The molecule has 1 saturated heterocycles. The van der Waals surface area contributed by atoms with Crippen molar-refractivity contribution in [1.82, 2.24) is 4.90 Å². The SMILES string of the molecule is CCCC1(C(=O)O)CCCN1C1CCC(C)(C)CC1. The molecule has 0 aromatic rings. The first-order valence-corrected chi connectivity index (χ1v) is 7.91. The first kappa shape index (κ1) is 14.8. The van der Waals surface area contributed by atoms with Crippen LogP contribution in [0, 0.1) is 5.41 Å². The molecule has 0 spiro atoms. The largest absolute Gasteiger partial charge is 0.480 e. The normalized spacial score (nSPS) is 32.6. The summed E-state index contributed by atoms with van der Waals surface area (Å²) in [5.41, 5.74) is -0.103. The summed E-state index contributed by atoms with van der Waals surface area (Å²) in [6.07, 6.45) is 8.47. The Balaban J connectivity index is 2.12. The lowest BCUT2D eigenvalue weighted by Gasteiger charge is -2.45. The number of nitrogens with zero attached hydrogens (tertiary/aromatic N) is 1. The minimum absolute atomic E-state index is 0.451. The molecule has 3 heteroatoms. The molecule has 1 aliphatic heterocycles. The van der Waals surface area contributed by atoms with Gasteiger partial charge in [0.2, 0.25) is 0 Å². The van der Waals surface area contributed by atoms with Crippen molar-refractivity contribution in [2.24, 2.45) is 5.41 Å². The molecule has 2 rings (SSSR count). The van der Waals surface area contributed by atoms with Crippen LogP contribution in [0.5, 0.6) is 0 Å². The molecule has 0 bridgehead atoms. The van der Waals surface area contributed by atoms with E-state index in [0.717, 1.165) is 32.2 Å². The summed E-state index contributed by atoms with van der Waals surface area (Å²) in [7, 11) is 0. The van der Waals surface area contributed by atoms with Gasteiger partial charge in [-0.05, 0) is 56.9 Å². The molecule has 3 nitrogen and oxygen atoms in total. The number of aliphatic carboxylic acids is 1. The average molecular weight is 267 g/mol. The second-order valence-electron chi connectivity index (χ2n) is 7.28. The van der Waals surface area contributed by atoms with Crippen molar-refractivity contribution in [1.29, 1.82) is 0 Å². The van der Waals surface area contributed by atoms with Crippen LogP contribution in [-0.4, -0.2) is 34.1 Å². The summed E-state index contributed by atoms with van der Waals surface area (Å²) in [6.45, 7) is 7.76. The van der Waals surface area contributed by atoms with Crippen molar-refractivity contribution >= 4 is 5.97 Å². The maximum atomic E-state index is 11.9. The third-order valence-electron chi connectivity index (χ3n) is 5.35. The fourth-order valence-corrected chi connectivity index (χ4v) is 4.15. The van der Waals surface area contributed by atoms with Gasteiger partial charge < -0.3 is 5.11 Å². The first-order valence-electron chi connectivity index (χ1n) is 7.91. The van der Waals surface area contributed by atoms with Gasteiger partial charge in [-0.1, -0.05) is 27.2 Å². The maximum Gasteiger partial charge on any atom is 0.324 e. The predicted octanol–water partition coefficient (Wildman–Crippen LogP) is 3.67. The molecule has 0 aromatic heterocycles. The van der Waals surface area contributed by atoms with E-state index in [2.05, 4.69) is 25.7 Å². The van der Waals surface area contributed by atoms with Crippen LogP contribution in [-0.2, 0) is 4.79 Å². The molecule has 1 heterocycles. The average Bonchev–Trinajstić information content (AvgIpc) is 2.75. The first-order chi connectivity index (χ1) is 8.91. The lowest BCUT2D eigenvalue weighted by Crippen LogP contribution is -2.55. The van der Waals surface area contributed by atoms with Crippen LogP contribution in [0.3, 0.4) is 0 Å². The highest BCUT2D eigenvalue weighted by molar-refractivity contribution is 5.79. The number of likely N-dealkylation sites (tertiary alicyclic amines) is 1. The van der Waals surface area contributed by atoms with E-state index < -0.39 is 11.5 Å². The fraction of sp³-hybridized carbons (Fsp3) is 0.938. The van der Waals surface area contributed by atoms with E-state index in [1.807, 2.05) is 0 Å². The van der Waals surface area contributed by atoms with E-state index in [1.165, 1.54) is 25.7 Å². The summed E-state index contributed by atoms with van der Waals surface area (Å²) in [5.74, 6) is -0.586. The molecule has 0 amide bonds. The van der Waals surface area contributed by atoms with Crippen LogP contribution in [0.2, 0.25) is 0 Å². The van der Waals surface area contributed by atoms with Crippen molar-refractivity contribution in [3.05, 3.63) is 0 Å². The number of hydrogen-bond donors (Lipinski definition) is 1. The molecule has 0 aromatic carbocycles. The Morgan fingerprint density at radius 3 is 2.42 bits per heavy atom. The predicted molar refractivity (Wildman–Crippen MR) is 77.3 cm³/mol. The molecule has 1 N–H and O–H groups in total. The fourth-order valence-electron chi connectivity index (χ4n) is 4.15. The summed E-state index contributed by atoms with van der Waals surface area (Å²) < 4.78 is 0. The number of carbonyl (C=O) groups is 1. The van der Waals surface area contributed by atoms with Crippen LogP contribution in [0.25, 0.3) is 0 Å². The van der Waals surface area contributed by atoms with Crippen LogP contribution < -0.4 is 0 Å². The molecule has 0 radical (unpaired) electrons. The number of carboxylic acid groups (broad SMARTS) is 1. The van der Waals surface area contributed by atoms with E-state index in [0.29, 0.717) is 11.5 Å². The molecular formula is C16H29NO2. The summed E-state index contributed by atoms with van der Waals surface area (Å²) >= 11 is 0. The van der Waals surface area contributed by atoms with Gasteiger partial charge >= 0.3 is 5.97 Å². The minimum atomic E-state index is -0.586. The zero-order valence-electron chi connectivity index (χ0n) is 12.7. The van der Waals surface area contributed by atoms with Gasteiger partial charge in [0.25, 0.3) is 0 Å². The van der Waals surface area contributed by atoms with Gasteiger partial charge in [-0.3, -0.25) is 9.69 Å². The van der Waals surface area contributed by atoms with Crippen molar-refractivity contribution in [3.63, 3.8) is 0 Å². The molecule has 1 aliphatic carbocycles. The quantitative estimate of drug-likeness (QED) is 0.844. The highest BCUT2D eigenvalue weighted by Gasteiger charge is 2.50. The number of carboxylic acids is 1. The van der Waals surface area contributed by atoms with E-state index >= 15 is 0 Å². The lowest BCUT2D eigenvalue weighted by atomic mass is 9.74. The van der Waals surface area contributed by atoms with Gasteiger partial charge in [0.1, 0.15) is 5.54 Å². The Hall–Kier alpha value is -0.570. The Labute approximate surface area is 117 Å². The summed E-state index contributed by atoms with van der Waals surface area (Å²) in [5, 5.41) is 9.76. The third-order valence-corrected chi connectivity index (χ3v) is 5.35. The molecule has 1 atom stereocenters. The van der Waals surface area contributed by atoms with Crippen LogP contribution >= 0.6 is 0 Å². The molecular weight excluding hydrogens is 238 g/mol. The Morgan fingerprint density at radius 1 is 1.26 bits per heavy atom. The second kappa shape index (κ2) is 5.43. The second-order valence-corrected chi connectivity index (χ2v) is 7.28. The van der Waals surface area contributed by atoms with Gasteiger partial charge in [0.15, 0.2) is 0 Å². The molecule has 1 unspecified atom stereocenters. The van der Waals surface area contributed by atoms with Gasteiger partial charge in [-0.15, -0.1) is 0 Å². The van der Waals surface area contributed by atoms with E-state index in [9.17, 15) is 9.90 Å². The molecule has 1 saturated carbocycles. The van der Waals surface area contributed by atoms with Gasteiger partial charge in [-0.2, -0.15) is 0 Å². The zero-order chi connectivity index (χ0) is 14.1. The highest BCUT2D eigenvalue weighted by atomic mass is 16.4. The molecule has 110 valence electrons. The summed E-state index contributed by atoms with van der Waals surface area (Å²) in [6, 6.07) is 0.498. The molecule has 19 heavy (non-hydrogen) atoms. The van der Waals surface area contributed by atoms with Gasteiger partial charge in [0, 0.05) is 6.04 Å². The van der Waals surface area contributed by atoms with Gasteiger partial charge in [0.05, 0.1) is 0 Å². The maximum absolute atomic E-state index is 11.9. The third kappa shape index (κ3) is 2.81. The standard InChI is InChI=1S/C16H29NO2/c1-4-8-16(14(18)19)9-5-12-17(16)13-6-10-15(2,3)11-7-13/h13H,4-12H2,1-3H3,(H,18,19).